The van der Waals surface area contributed by atoms with Crippen LogP contribution in [0.1, 0.15) is 44.4 Å². The van der Waals surface area contributed by atoms with Crippen LogP contribution in [0.3, 0.4) is 0 Å². The first-order valence-corrected chi connectivity index (χ1v) is 7.40. The Hall–Kier alpha value is -0.830. The summed E-state index contributed by atoms with van der Waals surface area (Å²) in [7, 11) is 0. The maximum atomic E-state index is 6.14. The van der Waals surface area contributed by atoms with Gasteiger partial charge in [0, 0.05) is 29.1 Å². The van der Waals surface area contributed by atoms with Gasteiger partial charge in [-0.1, -0.05) is 13.8 Å². The van der Waals surface area contributed by atoms with Crippen LogP contribution in [-0.2, 0) is 12.8 Å². The van der Waals surface area contributed by atoms with Crippen molar-refractivity contribution in [3.63, 3.8) is 0 Å². The number of rotatable bonds is 6. The Morgan fingerprint density at radius 3 is 2.72 bits per heavy atom. The molecule has 0 unspecified atom stereocenters. The molecule has 0 spiro atoms. The molecule has 0 atom stereocenters. The van der Waals surface area contributed by atoms with Crippen LogP contribution >= 0.6 is 11.6 Å². The van der Waals surface area contributed by atoms with E-state index < -0.39 is 0 Å². The molecular weight excluding hydrogens is 246 g/mol. The van der Waals surface area contributed by atoms with Crippen molar-refractivity contribution < 1.29 is 0 Å². The van der Waals surface area contributed by atoms with Crippen molar-refractivity contribution >= 4 is 17.4 Å². The predicted molar refractivity (Wildman–Crippen MR) is 76.3 cm³/mol. The summed E-state index contributed by atoms with van der Waals surface area (Å²) in [5, 5.41) is 3.50. The summed E-state index contributed by atoms with van der Waals surface area (Å²) < 4.78 is 0. The van der Waals surface area contributed by atoms with Gasteiger partial charge >= 0.3 is 0 Å². The Labute approximate surface area is 114 Å². The number of nitrogens with zero attached hydrogens (tertiary/aromatic N) is 2. The number of hydrogen-bond donors (Lipinski definition) is 1. The van der Waals surface area contributed by atoms with Gasteiger partial charge in [-0.05, 0) is 32.1 Å². The predicted octanol–water partition coefficient (Wildman–Crippen LogP) is 3.42. The van der Waals surface area contributed by atoms with Crippen LogP contribution in [-0.4, -0.2) is 22.4 Å². The fourth-order valence-electron chi connectivity index (χ4n) is 2.52. The number of fused-ring (bicyclic) bond motifs is 1. The summed E-state index contributed by atoms with van der Waals surface area (Å²) in [5.41, 5.74) is 2.71. The minimum Gasteiger partial charge on any atom is -0.369 e. The molecule has 0 saturated carbocycles. The van der Waals surface area contributed by atoms with E-state index in [1.807, 2.05) is 0 Å². The molecule has 1 aliphatic carbocycles. The van der Waals surface area contributed by atoms with Crippen LogP contribution in [0.15, 0.2) is 6.33 Å². The first-order valence-electron chi connectivity index (χ1n) is 6.87. The lowest BCUT2D eigenvalue weighted by Gasteiger charge is -2.30. The molecule has 4 heteroatoms. The monoisotopic (exact) mass is 267 g/mol. The molecule has 0 aromatic carbocycles. The highest BCUT2D eigenvalue weighted by molar-refractivity contribution is 6.18. The average Bonchev–Trinajstić information content (AvgIpc) is 2.90. The Bertz CT molecular complexity index is 394. The SMILES string of the molecule is CCC(CC)(CCl)CNc1ncnc2c1CCC2. The van der Waals surface area contributed by atoms with E-state index in [1.165, 1.54) is 17.7 Å². The number of aryl methyl sites for hydroxylation is 1. The number of aromatic nitrogens is 2. The summed E-state index contributed by atoms with van der Waals surface area (Å²) in [5.74, 6) is 1.72. The van der Waals surface area contributed by atoms with Gasteiger partial charge in [-0.2, -0.15) is 0 Å². The third kappa shape index (κ3) is 2.61. The molecule has 0 saturated heterocycles. The van der Waals surface area contributed by atoms with Gasteiger partial charge in [-0.25, -0.2) is 9.97 Å². The van der Waals surface area contributed by atoms with Gasteiger partial charge < -0.3 is 5.32 Å². The highest BCUT2D eigenvalue weighted by Crippen LogP contribution is 2.30. The second-order valence-corrected chi connectivity index (χ2v) is 5.46. The van der Waals surface area contributed by atoms with Gasteiger partial charge in [0.25, 0.3) is 0 Å². The summed E-state index contributed by atoms with van der Waals surface area (Å²) in [6, 6.07) is 0. The minimum atomic E-state index is 0.179. The molecular formula is C14H22ClN3. The number of anilines is 1. The average molecular weight is 268 g/mol. The quantitative estimate of drug-likeness (QED) is 0.803. The van der Waals surface area contributed by atoms with Gasteiger partial charge in [0.15, 0.2) is 0 Å². The molecule has 1 aromatic rings. The van der Waals surface area contributed by atoms with Crippen LogP contribution in [0.4, 0.5) is 5.82 Å². The Kier molecular flexibility index (Phi) is 4.44. The summed E-state index contributed by atoms with van der Waals surface area (Å²) >= 11 is 6.14. The van der Waals surface area contributed by atoms with Crippen molar-refractivity contribution in [2.45, 2.75) is 46.0 Å². The van der Waals surface area contributed by atoms with Crippen LogP contribution in [0.25, 0.3) is 0 Å². The molecule has 1 aliphatic rings. The molecule has 0 bridgehead atoms. The zero-order chi connectivity index (χ0) is 13.0. The van der Waals surface area contributed by atoms with E-state index in [2.05, 4.69) is 29.1 Å². The second kappa shape index (κ2) is 5.87. The highest BCUT2D eigenvalue weighted by Gasteiger charge is 2.26. The van der Waals surface area contributed by atoms with Crippen molar-refractivity contribution in [2.24, 2.45) is 5.41 Å². The van der Waals surface area contributed by atoms with E-state index in [1.54, 1.807) is 6.33 Å². The fourth-order valence-corrected chi connectivity index (χ4v) is 2.99. The van der Waals surface area contributed by atoms with Crippen molar-refractivity contribution in [3.05, 3.63) is 17.6 Å². The first kappa shape index (κ1) is 13.6. The molecule has 100 valence electrons. The molecule has 0 radical (unpaired) electrons. The van der Waals surface area contributed by atoms with Gasteiger partial charge in [0.05, 0.1) is 0 Å². The smallest absolute Gasteiger partial charge is 0.132 e. The van der Waals surface area contributed by atoms with Gasteiger partial charge in [-0.3, -0.25) is 0 Å². The Morgan fingerprint density at radius 1 is 1.28 bits per heavy atom. The van der Waals surface area contributed by atoms with E-state index in [0.717, 1.165) is 38.0 Å². The maximum Gasteiger partial charge on any atom is 0.132 e. The lowest BCUT2D eigenvalue weighted by molar-refractivity contribution is 0.326. The van der Waals surface area contributed by atoms with E-state index in [9.17, 15) is 0 Å². The first-order chi connectivity index (χ1) is 8.74. The standard InChI is InChI=1S/C14H22ClN3/c1-3-14(4-2,8-15)9-16-13-11-6-5-7-12(11)17-10-18-13/h10H,3-9H2,1-2H3,(H,16,17,18). The van der Waals surface area contributed by atoms with Gasteiger partial charge in [0.2, 0.25) is 0 Å². The van der Waals surface area contributed by atoms with E-state index in [0.29, 0.717) is 5.88 Å². The fraction of sp³-hybridized carbons (Fsp3) is 0.714. The number of nitrogens with one attached hydrogen (secondary N) is 1. The summed E-state index contributed by atoms with van der Waals surface area (Å²) in [4.78, 5) is 8.74. The van der Waals surface area contributed by atoms with Crippen molar-refractivity contribution in [1.29, 1.82) is 0 Å². The molecule has 0 aliphatic heterocycles. The van der Waals surface area contributed by atoms with Crippen molar-refractivity contribution in [3.8, 4) is 0 Å². The molecule has 18 heavy (non-hydrogen) atoms. The third-order valence-electron chi connectivity index (χ3n) is 4.29. The third-order valence-corrected chi connectivity index (χ3v) is 4.86. The minimum absolute atomic E-state index is 0.179. The lowest BCUT2D eigenvalue weighted by atomic mass is 9.84. The van der Waals surface area contributed by atoms with E-state index in [4.69, 9.17) is 11.6 Å². The molecule has 0 fully saturated rings. The Morgan fingerprint density at radius 2 is 2.06 bits per heavy atom. The van der Waals surface area contributed by atoms with E-state index >= 15 is 0 Å². The Balaban J connectivity index is 2.09. The second-order valence-electron chi connectivity index (χ2n) is 5.20. The summed E-state index contributed by atoms with van der Waals surface area (Å²) in [6.45, 7) is 5.31. The topological polar surface area (TPSA) is 37.8 Å². The van der Waals surface area contributed by atoms with Crippen LogP contribution in [0, 0.1) is 5.41 Å². The van der Waals surface area contributed by atoms with Crippen LogP contribution in [0.5, 0.6) is 0 Å². The molecule has 0 amide bonds. The zero-order valence-corrected chi connectivity index (χ0v) is 12.1. The van der Waals surface area contributed by atoms with Crippen LogP contribution < -0.4 is 5.32 Å². The molecule has 1 N–H and O–H groups in total. The van der Waals surface area contributed by atoms with Crippen molar-refractivity contribution in [2.75, 3.05) is 17.7 Å². The normalized spacial score (nSPS) is 14.6. The summed E-state index contributed by atoms with van der Waals surface area (Å²) in [6.07, 6.45) is 7.25. The largest absolute Gasteiger partial charge is 0.369 e. The van der Waals surface area contributed by atoms with Crippen LogP contribution in [0.2, 0.25) is 0 Å². The molecule has 2 rings (SSSR count). The van der Waals surface area contributed by atoms with Gasteiger partial charge in [0.1, 0.15) is 12.1 Å². The molecule has 3 nitrogen and oxygen atoms in total. The number of halogens is 1. The molecule has 1 aromatic heterocycles. The van der Waals surface area contributed by atoms with E-state index in [-0.39, 0.29) is 5.41 Å². The zero-order valence-electron chi connectivity index (χ0n) is 11.3. The van der Waals surface area contributed by atoms with Crippen molar-refractivity contribution in [1.82, 2.24) is 9.97 Å². The number of hydrogen-bond acceptors (Lipinski definition) is 3. The maximum absolute atomic E-state index is 6.14. The number of alkyl halides is 1. The molecule has 1 heterocycles. The highest BCUT2D eigenvalue weighted by atomic mass is 35.5. The van der Waals surface area contributed by atoms with Gasteiger partial charge in [-0.15, -0.1) is 11.6 Å². The lowest BCUT2D eigenvalue weighted by Crippen LogP contribution is -2.31.